The van der Waals surface area contributed by atoms with Gasteiger partial charge in [0.05, 0.1) is 45.2 Å². The van der Waals surface area contributed by atoms with Crippen molar-refractivity contribution in [2.75, 3.05) is 13.7 Å². The number of hydrogen-bond acceptors (Lipinski definition) is 5. The maximum Gasteiger partial charge on any atom is 0.163 e. The molecule has 1 aliphatic rings. The van der Waals surface area contributed by atoms with Crippen LogP contribution in [0.2, 0.25) is 0 Å². The van der Waals surface area contributed by atoms with Gasteiger partial charge in [-0.15, -0.1) is 0 Å². The third kappa shape index (κ3) is 7.29. The summed E-state index contributed by atoms with van der Waals surface area (Å²) in [6, 6.07) is 18.3. The lowest BCUT2D eigenvalue weighted by molar-refractivity contribution is -0.339. The minimum Gasteiger partial charge on any atom is -0.497 e. The van der Waals surface area contributed by atoms with E-state index in [1.54, 1.807) is 7.11 Å². The van der Waals surface area contributed by atoms with Crippen molar-refractivity contribution in [2.45, 2.75) is 78.9 Å². The van der Waals surface area contributed by atoms with Gasteiger partial charge in [0.15, 0.2) is 5.79 Å². The second kappa shape index (κ2) is 12.2. The fourth-order valence-corrected chi connectivity index (χ4v) is 4.71. The van der Waals surface area contributed by atoms with Gasteiger partial charge in [0.1, 0.15) is 5.75 Å². The standard InChI is InChI=1S/C29H42O5/c1-20(17-31-18-24-11-9-8-10-12-24)27-22(3)28(34-29(5,6)33-27)21(2)23(4)32-19-25-13-15-26(30-7)16-14-25/h8-16,20-23,27-28H,17-19H2,1-7H3/t20-,21+,22+,23+,27-,28-/m0/s1. The first-order valence-electron chi connectivity index (χ1n) is 12.4. The minimum atomic E-state index is -0.653. The van der Waals surface area contributed by atoms with E-state index in [1.807, 2.05) is 56.3 Å². The highest BCUT2D eigenvalue weighted by atomic mass is 16.7. The summed E-state index contributed by atoms with van der Waals surface area (Å²) in [4.78, 5) is 0. The van der Waals surface area contributed by atoms with E-state index in [2.05, 4.69) is 39.8 Å². The van der Waals surface area contributed by atoms with Gasteiger partial charge in [0.25, 0.3) is 0 Å². The Labute approximate surface area is 205 Å². The molecule has 0 spiro atoms. The Kier molecular flexibility index (Phi) is 9.55. The van der Waals surface area contributed by atoms with Crippen molar-refractivity contribution in [3.63, 3.8) is 0 Å². The Hall–Kier alpha value is -1.92. The molecule has 1 aliphatic heterocycles. The number of hydrogen-bond donors (Lipinski definition) is 0. The van der Waals surface area contributed by atoms with Crippen LogP contribution in [-0.4, -0.2) is 37.8 Å². The van der Waals surface area contributed by atoms with Crippen LogP contribution in [0.4, 0.5) is 0 Å². The van der Waals surface area contributed by atoms with E-state index in [1.165, 1.54) is 5.56 Å². The average Bonchev–Trinajstić information content (AvgIpc) is 2.84. The van der Waals surface area contributed by atoms with Gasteiger partial charge in [-0.25, -0.2) is 0 Å². The number of ether oxygens (including phenoxy) is 5. The van der Waals surface area contributed by atoms with E-state index in [0.717, 1.165) is 11.3 Å². The summed E-state index contributed by atoms with van der Waals surface area (Å²) in [6.07, 6.45) is 0.102. The van der Waals surface area contributed by atoms with Crippen molar-refractivity contribution in [1.82, 2.24) is 0 Å². The first-order chi connectivity index (χ1) is 16.2. The number of methoxy groups -OCH3 is 1. The molecule has 0 aromatic heterocycles. The maximum absolute atomic E-state index is 6.45. The lowest BCUT2D eigenvalue weighted by atomic mass is 9.81. The Balaban J connectivity index is 1.57. The molecule has 2 aromatic carbocycles. The third-order valence-electron chi connectivity index (χ3n) is 6.86. The van der Waals surface area contributed by atoms with E-state index in [-0.39, 0.29) is 36.1 Å². The van der Waals surface area contributed by atoms with E-state index < -0.39 is 5.79 Å². The molecule has 0 aliphatic carbocycles. The van der Waals surface area contributed by atoms with Crippen LogP contribution in [0.3, 0.4) is 0 Å². The zero-order valence-corrected chi connectivity index (χ0v) is 21.8. The highest BCUT2D eigenvalue weighted by molar-refractivity contribution is 5.26. The van der Waals surface area contributed by atoms with Crippen molar-refractivity contribution in [1.29, 1.82) is 0 Å². The number of benzene rings is 2. The molecule has 5 nitrogen and oxygen atoms in total. The molecule has 34 heavy (non-hydrogen) atoms. The summed E-state index contributed by atoms with van der Waals surface area (Å²) >= 11 is 0. The molecule has 0 saturated carbocycles. The van der Waals surface area contributed by atoms with E-state index in [0.29, 0.717) is 19.8 Å². The van der Waals surface area contributed by atoms with Gasteiger partial charge in [-0.1, -0.05) is 63.2 Å². The highest BCUT2D eigenvalue weighted by Crippen LogP contribution is 2.39. The Morgan fingerprint density at radius 3 is 2.12 bits per heavy atom. The zero-order chi connectivity index (χ0) is 24.7. The van der Waals surface area contributed by atoms with Crippen molar-refractivity contribution < 1.29 is 23.7 Å². The molecule has 5 heteroatoms. The van der Waals surface area contributed by atoms with Gasteiger partial charge in [-0.2, -0.15) is 0 Å². The third-order valence-corrected chi connectivity index (χ3v) is 6.86. The van der Waals surface area contributed by atoms with Crippen molar-refractivity contribution in [3.8, 4) is 5.75 Å². The van der Waals surface area contributed by atoms with Gasteiger partial charge in [0.2, 0.25) is 0 Å². The molecule has 3 rings (SSSR count). The topological polar surface area (TPSA) is 46.2 Å². The molecule has 1 heterocycles. The summed E-state index contributed by atoms with van der Waals surface area (Å²) in [5, 5.41) is 0. The summed E-state index contributed by atoms with van der Waals surface area (Å²) in [6.45, 7) is 14.6. The van der Waals surface area contributed by atoms with Gasteiger partial charge in [0, 0.05) is 17.8 Å². The van der Waals surface area contributed by atoms with Crippen LogP contribution in [0.25, 0.3) is 0 Å². The molecule has 2 aromatic rings. The van der Waals surface area contributed by atoms with Crippen LogP contribution in [0.15, 0.2) is 54.6 Å². The molecule has 0 bridgehead atoms. The minimum absolute atomic E-state index is 0.0243. The normalized spacial score (nSPS) is 24.9. The molecule has 0 radical (unpaired) electrons. The molecule has 0 N–H and O–H groups in total. The van der Waals surface area contributed by atoms with Crippen LogP contribution in [-0.2, 0) is 32.2 Å². The van der Waals surface area contributed by atoms with Gasteiger partial charge >= 0.3 is 0 Å². The summed E-state index contributed by atoms with van der Waals surface area (Å²) in [5.41, 5.74) is 2.31. The summed E-state index contributed by atoms with van der Waals surface area (Å²) < 4.78 is 30.4. The van der Waals surface area contributed by atoms with Crippen molar-refractivity contribution >= 4 is 0 Å². The first kappa shape index (κ1) is 26.7. The average molecular weight is 471 g/mol. The summed E-state index contributed by atoms with van der Waals surface area (Å²) in [7, 11) is 1.68. The Morgan fingerprint density at radius 1 is 0.853 bits per heavy atom. The zero-order valence-electron chi connectivity index (χ0n) is 21.8. The second-order valence-electron chi connectivity index (χ2n) is 10.1. The Bertz CT molecular complexity index is 851. The molecule has 6 atom stereocenters. The summed E-state index contributed by atoms with van der Waals surface area (Å²) in [5.74, 6) is 0.859. The quantitative estimate of drug-likeness (QED) is 0.389. The van der Waals surface area contributed by atoms with Crippen LogP contribution >= 0.6 is 0 Å². The van der Waals surface area contributed by atoms with Crippen LogP contribution in [0, 0.1) is 17.8 Å². The van der Waals surface area contributed by atoms with E-state index in [4.69, 9.17) is 23.7 Å². The maximum atomic E-state index is 6.45. The van der Waals surface area contributed by atoms with Crippen LogP contribution in [0.1, 0.15) is 52.7 Å². The highest BCUT2D eigenvalue weighted by Gasteiger charge is 2.46. The van der Waals surface area contributed by atoms with E-state index in [9.17, 15) is 0 Å². The second-order valence-corrected chi connectivity index (χ2v) is 10.1. The van der Waals surface area contributed by atoms with Crippen molar-refractivity contribution in [3.05, 3.63) is 65.7 Å². The fourth-order valence-electron chi connectivity index (χ4n) is 4.71. The molecule has 0 amide bonds. The number of rotatable bonds is 11. The molecular weight excluding hydrogens is 428 g/mol. The molecule has 188 valence electrons. The van der Waals surface area contributed by atoms with Gasteiger partial charge < -0.3 is 23.7 Å². The molecular formula is C29H42O5. The van der Waals surface area contributed by atoms with E-state index >= 15 is 0 Å². The monoisotopic (exact) mass is 470 g/mol. The molecule has 1 saturated heterocycles. The molecule has 0 unspecified atom stereocenters. The lowest BCUT2D eigenvalue weighted by Crippen LogP contribution is -2.56. The van der Waals surface area contributed by atoms with Crippen LogP contribution < -0.4 is 4.74 Å². The van der Waals surface area contributed by atoms with Crippen LogP contribution in [0.5, 0.6) is 5.75 Å². The molecule has 1 fully saturated rings. The predicted octanol–water partition coefficient (Wildman–Crippen LogP) is 6.25. The smallest absolute Gasteiger partial charge is 0.163 e. The predicted molar refractivity (Wildman–Crippen MR) is 135 cm³/mol. The fraction of sp³-hybridized carbons (Fsp3) is 0.586. The van der Waals surface area contributed by atoms with Gasteiger partial charge in [-0.05, 0) is 44.0 Å². The first-order valence-corrected chi connectivity index (χ1v) is 12.4. The van der Waals surface area contributed by atoms with Gasteiger partial charge in [-0.3, -0.25) is 0 Å². The van der Waals surface area contributed by atoms with Crippen molar-refractivity contribution in [2.24, 2.45) is 17.8 Å². The lowest BCUT2D eigenvalue weighted by Gasteiger charge is -2.49. The Morgan fingerprint density at radius 2 is 1.47 bits per heavy atom. The largest absolute Gasteiger partial charge is 0.497 e. The SMILES string of the molecule is COc1ccc(CO[C@H](C)[C@@H](C)[C@@H]2OC(C)(C)O[C@@H]([C@@H](C)COCc3ccccc3)[C@H]2C)cc1.